The van der Waals surface area contributed by atoms with Gasteiger partial charge in [-0.15, -0.1) is 0 Å². The number of nitrogens with one attached hydrogen (secondary N) is 1. The molecule has 0 aliphatic heterocycles. The first-order chi connectivity index (χ1) is 15.2. The van der Waals surface area contributed by atoms with E-state index in [9.17, 15) is 9.59 Å². The second-order valence-electron chi connectivity index (χ2n) is 6.71. The first-order valence-corrected chi connectivity index (χ1v) is 9.72. The number of carbonyl (C=O) groups excluding carboxylic acids is 1. The van der Waals surface area contributed by atoms with Crippen molar-refractivity contribution in [3.63, 3.8) is 0 Å². The Morgan fingerprint density at radius 2 is 1.42 bits per heavy atom. The standard InChI is InChI=1S/C25H20N2O4/c28-24(26-20-13-15-22(16-14-20)31-21-10-5-2-6-11-21)23-12-7-17-27(25(23)29)30-18-19-8-3-1-4-9-19/h1-17H,18H2,(H,26,28). The molecule has 0 bridgehead atoms. The topological polar surface area (TPSA) is 69.6 Å². The molecule has 6 heteroatoms. The highest BCUT2D eigenvalue weighted by Crippen LogP contribution is 2.22. The van der Waals surface area contributed by atoms with E-state index in [0.717, 1.165) is 16.0 Å². The maximum atomic E-state index is 12.6. The van der Waals surface area contributed by atoms with Crippen molar-refractivity contribution in [3.05, 3.63) is 125 Å². The minimum absolute atomic E-state index is 0.0137. The Morgan fingerprint density at radius 1 is 0.774 bits per heavy atom. The van der Waals surface area contributed by atoms with Crippen LogP contribution in [0.5, 0.6) is 11.5 Å². The van der Waals surface area contributed by atoms with E-state index in [1.807, 2.05) is 60.7 Å². The molecule has 3 aromatic carbocycles. The molecule has 0 aliphatic rings. The molecule has 31 heavy (non-hydrogen) atoms. The van der Waals surface area contributed by atoms with Crippen LogP contribution in [0.4, 0.5) is 5.69 Å². The van der Waals surface area contributed by atoms with Gasteiger partial charge in [0.05, 0.1) is 0 Å². The fourth-order valence-electron chi connectivity index (χ4n) is 2.90. The molecule has 4 aromatic rings. The van der Waals surface area contributed by atoms with E-state index in [4.69, 9.17) is 9.57 Å². The Kier molecular flexibility index (Phi) is 6.09. The molecule has 1 N–H and O–H groups in total. The first-order valence-electron chi connectivity index (χ1n) is 9.72. The van der Waals surface area contributed by atoms with E-state index in [0.29, 0.717) is 11.4 Å². The minimum Gasteiger partial charge on any atom is -0.457 e. The molecule has 0 unspecified atom stereocenters. The van der Waals surface area contributed by atoms with Gasteiger partial charge < -0.3 is 14.9 Å². The summed E-state index contributed by atoms with van der Waals surface area (Å²) in [4.78, 5) is 30.8. The van der Waals surface area contributed by atoms with Crippen molar-refractivity contribution < 1.29 is 14.4 Å². The molecule has 0 saturated heterocycles. The number of para-hydroxylation sites is 1. The van der Waals surface area contributed by atoms with Gasteiger partial charge >= 0.3 is 0 Å². The zero-order valence-electron chi connectivity index (χ0n) is 16.6. The van der Waals surface area contributed by atoms with Crippen molar-refractivity contribution >= 4 is 11.6 Å². The summed E-state index contributed by atoms with van der Waals surface area (Å²) in [6.07, 6.45) is 1.48. The molecule has 0 aliphatic carbocycles. The summed E-state index contributed by atoms with van der Waals surface area (Å²) < 4.78 is 6.81. The monoisotopic (exact) mass is 412 g/mol. The molecular formula is C25H20N2O4. The molecule has 1 heterocycles. The lowest BCUT2D eigenvalue weighted by molar-refractivity contribution is 0.0863. The predicted molar refractivity (Wildman–Crippen MR) is 118 cm³/mol. The highest BCUT2D eigenvalue weighted by molar-refractivity contribution is 6.03. The molecule has 0 saturated carbocycles. The van der Waals surface area contributed by atoms with Crippen LogP contribution < -0.4 is 20.5 Å². The fraction of sp³-hybridized carbons (Fsp3) is 0.0400. The molecule has 0 spiro atoms. The molecule has 0 atom stereocenters. The number of anilines is 1. The third kappa shape index (κ3) is 5.19. The number of ether oxygens (including phenoxy) is 1. The summed E-state index contributed by atoms with van der Waals surface area (Å²) in [6.45, 7) is 0.217. The predicted octanol–water partition coefficient (Wildman–Crippen LogP) is 4.52. The Hall–Kier alpha value is -4.32. The second kappa shape index (κ2) is 9.45. The van der Waals surface area contributed by atoms with E-state index in [-0.39, 0.29) is 12.2 Å². The Bertz CT molecular complexity index is 1200. The average Bonchev–Trinajstić information content (AvgIpc) is 2.81. The van der Waals surface area contributed by atoms with Crippen LogP contribution in [0.3, 0.4) is 0 Å². The van der Waals surface area contributed by atoms with Crippen LogP contribution in [-0.2, 0) is 6.61 Å². The molecule has 1 amide bonds. The van der Waals surface area contributed by atoms with Crippen LogP contribution in [0.15, 0.2) is 108 Å². The van der Waals surface area contributed by atoms with Crippen molar-refractivity contribution in [2.24, 2.45) is 0 Å². The quantitative estimate of drug-likeness (QED) is 0.485. The maximum absolute atomic E-state index is 12.6. The van der Waals surface area contributed by atoms with Gasteiger partial charge in [-0.25, -0.2) is 0 Å². The average molecular weight is 412 g/mol. The van der Waals surface area contributed by atoms with Crippen molar-refractivity contribution in [1.29, 1.82) is 0 Å². The smallest absolute Gasteiger partial charge is 0.295 e. The van der Waals surface area contributed by atoms with Gasteiger partial charge in [0.1, 0.15) is 23.7 Å². The van der Waals surface area contributed by atoms with Crippen LogP contribution in [0, 0.1) is 0 Å². The third-order valence-corrected chi connectivity index (χ3v) is 4.46. The Balaban J connectivity index is 1.42. The normalized spacial score (nSPS) is 10.3. The van der Waals surface area contributed by atoms with E-state index in [1.165, 1.54) is 12.3 Å². The molecule has 154 valence electrons. The van der Waals surface area contributed by atoms with Gasteiger partial charge in [0.15, 0.2) is 0 Å². The van der Waals surface area contributed by atoms with E-state index < -0.39 is 11.5 Å². The van der Waals surface area contributed by atoms with Crippen molar-refractivity contribution in [2.75, 3.05) is 5.32 Å². The molecule has 4 rings (SSSR count). The van der Waals surface area contributed by atoms with Gasteiger partial charge in [-0.05, 0) is 54.1 Å². The lowest BCUT2D eigenvalue weighted by atomic mass is 10.2. The van der Waals surface area contributed by atoms with Gasteiger partial charge in [0, 0.05) is 11.9 Å². The molecule has 0 fully saturated rings. The number of amides is 1. The summed E-state index contributed by atoms with van der Waals surface area (Å²) in [5.41, 5.74) is 0.924. The van der Waals surface area contributed by atoms with Gasteiger partial charge in [0.2, 0.25) is 0 Å². The van der Waals surface area contributed by atoms with Crippen molar-refractivity contribution in [3.8, 4) is 11.5 Å². The minimum atomic E-state index is -0.528. The Labute approximate surface area is 179 Å². The number of aromatic nitrogens is 1. The van der Waals surface area contributed by atoms with E-state index in [2.05, 4.69) is 5.32 Å². The summed E-state index contributed by atoms with van der Waals surface area (Å²) in [6, 6.07) is 28.9. The number of hydrogen-bond donors (Lipinski definition) is 1. The lowest BCUT2D eigenvalue weighted by Gasteiger charge is -2.11. The molecule has 6 nitrogen and oxygen atoms in total. The largest absolute Gasteiger partial charge is 0.457 e. The summed E-state index contributed by atoms with van der Waals surface area (Å²) >= 11 is 0. The van der Waals surface area contributed by atoms with Gasteiger partial charge in [-0.1, -0.05) is 48.5 Å². The molecular weight excluding hydrogens is 392 g/mol. The van der Waals surface area contributed by atoms with Crippen LogP contribution >= 0.6 is 0 Å². The van der Waals surface area contributed by atoms with Crippen molar-refractivity contribution in [2.45, 2.75) is 6.61 Å². The summed E-state index contributed by atoms with van der Waals surface area (Å²) in [5.74, 6) is 0.847. The highest BCUT2D eigenvalue weighted by atomic mass is 16.7. The number of carbonyl (C=O) groups is 1. The Morgan fingerprint density at radius 3 is 2.13 bits per heavy atom. The number of nitrogens with zero attached hydrogens (tertiary/aromatic N) is 1. The van der Waals surface area contributed by atoms with Gasteiger partial charge in [0.25, 0.3) is 11.5 Å². The van der Waals surface area contributed by atoms with Crippen molar-refractivity contribution in [1.82, 2.24) is 4.73 Å². The number of benzene rings is 3. The highest BCUT2D eigenvalue weighted by Gasteiger charge is 2.13. The third-order valence-electron chi connectivity index (χ3n) is 4.46. The number of hydrogen-bond acceptors (Lipinski definition) is 4. The molecule has 1 aromatic heterocycles. The summed E-state index contributed by atoms with van der Waals surface area (Å²) in [5, 5.41) is 2.73. The lowest BCUT2D eigenvalue weighted by Crippen LogP contribution is -2.32. The summed E-state index contributed by atoms with van der Waals surface area (Å²) in [7, 11) is 0. The number of rotatable bonds is 7. The number of pyridine rings is 1. The fourth-order valence-corrected chi connectivity index (χ4v) is 2.90. The molecule has 0 radical (unpaired) electrons. The van der Waals surface area contributed by atoms with Gasteiger partial charge in [-0.3, -0.25) is 9.59 Å². The van der Waals surface area contributed by atoms with Crippen LogP contribution in [-0.4, -0.2) is 10.6 Å². The zero-order valence-corrected chi connectivity index (χ0v) is 16.6. The van der Waals surface area contributed by atoms with Gasteiger partial charge in [-0.2, -0.15) is 4.73 Å². The van der Waals surface area contributed by atoms with Crippen LogP contribution in [0.2, 0.25) is 0 Å². The first kappa shape index (κ1) is 20.0. The second-order valence-corrected chi connectivity index (χ2v) is 6.71. The van der Waals surface area contributed by atoms with Crippen LogP contribution in [0.1, 0.15) is 15.9 Å². The zero-order chi connectivity index (χ0) is 21.5. The van der Waals surface area contributed by atoms with E-state index in [1.54, 1.807) is 30.3 Å². The van der Waals surface area contributed by atoms with E-state index >= 15 is 0 Å². The van der Waals surface area contributed by atoms with Crippen LogP contribution in [0.25, 0.3) is 0 Å². The SMILES string of the molecule is O=C(Nc1ccc(Oc2ccccc2)cc1)c1cccn(OCc2ccccc2)c1=O. The maximum Gasteiger partial charge on any atom is 0.295 e.